The number of nitrogens with zero attached hydrogens (tertiary/aromatic N) is 2. The van der Waals surface area contributed by atoms with Crippen molar-refractivity contribution >= 4 is 62.3 Å². The summed E-state index contributed by atoms with van der Waals surface area (Å²) >= 11 is 18.4. The van der Waals surface area contributed by atoms with Gasteiger partial charge in [-0.1, -0.05) is 84.2 Å². The average Bonchev–Trinajstić information content (AvgIpc) is 2.89. The molecule has 0 unspecified atom stereocenters. The Morgan fingerprint density at radius 2 is 1.54 bits per heavy atom. The van der Waals surface area contributed by atoms with E-state index in [1.807, 2.05) is 37.3 Å². The van der Waals surface area contributed by atoms with Crippen molar-refractivity contribution < 1.29 is 18.0 Å². The topological polar surface area (TPSA) is 86.8 Å². The van der Waals surface area contributed by atoms with Gasteiger partial charge in [-0.3, -0.25) is 13.9 Å². The van der Waals surface area contributed by atoms with E-state index in [0.717, 1.165) is 21.7 Å². The summed E-state index contributed by atoms with van der Waals surface area (Å²) in [5.74, 6) is -0.910. The van der Waals surface area contributed by atoms with Crippen LogP contribution in [0.3, 0.4) is 0 Å². The first-order chi connectivity index (χ1) is 18.5. The van der Waals surface area contributed by atoms with Gasteiger partial charge in [-0.2, -0.15) is 0 Å². The second kappa shape index (κ2) is 14.0. The largest absolute Gasteiger partial charge is 0.354 e. The number of nitrogens with one attached hydrogen (secondary N) is 1. The molecule has 1 N–H and O–H groups in total. The number of hydrogen-bond donors (Lipinski definition) is 1. The third-order valence-electron chi connectivity index (χ3n) is 5.94. The maximum Gasteiger partial charge on any atom is 0.244 e. The van der Waals surface area contributed by atoms with Gasteiger partial charge in [0.05, 0.1) is 17.0 Å². The van der Waals surface area contributed by atoms with Gasteiger partial charge in [0.25, 0.3) is 0 Å². The number of halogens is 3. The Labute approximate surface area is 244 Å². The van der Waals surface area contributed by atoms with Gasteiger partial charge in [0, 0.05) is 29.6 Å². The molecule has 0 saturated carbocycles. The van der Waals surface area contributed by atoms with Crippen LogP contribution >= 0.6 is 34.8 Å². The summed E-state index contributed by atoms with van der Waals surface area (Å²) in [6.45, 7) is 1.85. The Morgan fingerprint density at radius 3 is 2.13 bits per heavy atom. The second-order valence-corrected chi connectivity index (χ2v) is 12.2. The summed E-state index contributed by atoms with van der Waals surface area (Å²) in [5.41, 5.74) is 1.69. The fourth-order valence-corrected chi connectivity index (χ4v) is 5.53. The van der Waals surface area contributed by atoms with E-state index in [2.05, 4.69) is 5.32 Å². The number of carbonyl (C=O) groups excluding carboxylic acids is 2. The van der Waals surface area contributed by atoms with Crippen LogP contribution in [-0.4, -0.2) is 50.5 Å². The smallest absolute Gasteiger partial charge is 0.244 e. The molecule has 0 bridgehead atoms. The molecule has 3 aromatic rings. The lowest BCUT2D eigenvalue weighted by Crippen LogP contribution is -2.53. The molecule has 7 nitrogen and oxygen atoms in total. The first-order valence-electron chi connectivity index (χ1n) is 12.3. The monoisotopic (exact) mass is 609 g/mol. The van der Waals surface area contributed by atoms with Gasteiger partial charge < -0.3 is 10.2 Å². The van der Waals surface area contributed by atoms with E-state index < -0.39 is 28.5 Å². The number of benzene rings is 3. The van der Waals surface area contributed by atoms with Crippen molar-refractivity contribution in [2.24, 2.45) is 0 Å². The Kier molecular flexibility index (Phi) is 11.1. The lowest BCUT2D eigenvalue weighted by molar-refractivity contribution is -0.140. The summed E-state index contributed by atoms with van der Waals surface area (Å²) in [6.07, 6.45) is 1.94. The number of sulfonamides is 1. The lowest BCUT2D eigenvalue weighted by atomic mass is 10.0. The molecule has 0 aliphatic rings. The Bertz CT molecular complexity index is 1390. The fraction of sp³-hybridized carbons (Fsp3) is 0.286. The van der Waals surface area contributed by atoms with Crippen LogP contribution in [0.15, 0.2) is 72.8 Å². The Hall–Kier alpha value is -2.78. The molecule has 3 rings (SSSR count). The van der Waals surface area contributed by atoms with Crippen molar-refractivity contribution in [3.63, 3.8) is 0 Å². The highest BCUT2D eigenvalue weighted by Gasteiger charge is 2.33. The van der Waals surface area contributed by atoms with E-state index in [1.165, 1.54) is 23.1 Å². The quantitative estimate of drug-likeness (QED) is 0.290. The molecule has 0 aliphatic heterocycles. The van der Waals surface area contributed by atoms with Gasteiger partial charge in [0.2, 0.25) is 21.8 Å². The van der Waals surface area contributed by atoms with E-state index >= 15 is 0 Å². The SMILES string of the molecule is CCCNC(=O)[C@@H](Cc1ccccc1)N(Cc1ccc(Cl)cc1)C(=O)CN(c1ccc(Cl)cc1Cl)S(C)(=O)=O. The molecule has 3 aromatic carbocycles. The zero-order chi connectivity index (χ0) is 28.6. The minimum Gasteiger partial charge on any atom is -0.354 e. The summed E-state index contributed by atoms with van der Waals surface area (Å²) in [5, 5.41) is 3.82. The molecule has 0 heterocycles. The minimum absolute atomic E-state index is 0.0546. The third kappa shape index (κ3) is 8.86. The second-order valence-electron chi connectivity index (χ2n) is 9.01. The average molecular weight is 611 g/mol. The predicted molar refractivity (Wildman–Crippen MR) is 158 cm³/mol. The number of amides is 2. The standard InChI is InChI=1S/C28H30Cl3N3O4S/c1-3-15-32-28(36)26(16-20-7-5-4-6-8-20)33(18-21-9-11-22(29)12-10-21)27(35)19-34(39(2,37)38)25-14-13-23(30)17-24(25)31/h4-14,17,26H,3,15-16,18-19H2,1-2H3,(H,32,36)/t26-/m1/s1. The van der Waals surface area contributed by atoms with Crippen LogP contribution in [0.25, 0.3) is 0 Å². The molecule has 39 heavy (non-hydrogen) atoms. The first-order valence-corrected chi connectivity index (χ1v) is 15.3. The number of anilines is 1. The van der Waals surface area contributed by atoms with Crippen molar-refractivity contribution in [3.8, 4) is 0 Å². The van der Waals surface area contributed by atoms with E-state index in [-0.39, 0.29) is 29.6 Å². The van der Waals surface area contributed by atoms with Crippen molar-refractivity contribution in [2.45, 2.75) is 32.4 Å². The molecular weight excluding hydrogens is 581 g/mol. The zero-order valence-electron chi connectivity index (χ0n) is 21.6. The number of hydrogen-bond acceptors (Lipinski definition) is 4. The van der Waals surface area contributed by atoms with Crippen molar-refractivity contribution in [1.29, 1.82) is 0 Å². The van der Waals surface area contributed by atoms with Crippen molar-refractivity contribution in [3.05, 3.63) is 99.0 Å². The first kappa shape index (κ1) is 30.8. The van der Waals surface area contributed by atoms with Crippen LogP contribution in [0.4, 0.5) is 5.69 Å². The van der Waals surface area contributed by atoms with E-state index in [4.69, 9.17) is 34.8 Å². The fourth-order valence-electron chi connectivity index (χ4n) is 3.98. The molecule has 0 saturated heterocycles. The highest BCUT2D eigenvalue weighted by Crippen LogP contribution is 2.30. The Morgan fingerprint density at radius 1 is 0.897 bits per heavy atom. The molecule has 0 radical (unpaired) electrons. The highest BCUT2D eigenvalue weighted by molar-refractivity contribution is 7.92. The van der Waals surface area contributed by atoms with Gasteiger partial charge in [-0.05, 0) is 47.9 Å². The highest BCUT2D eigenvalue weighted by atomic mass is 35.5. The molecule has 0 fully saturated rings. The molecule has 0 aromatic heterocycles. The number of rotatable bonds is 12. The molecule has 11 heteroatoms. The van der Waals surface area contributed by atoms with Gasteiger partial charge >= 0.3 is 0 Å². The molecule has 0 aliphatic carbocycles. The maximum absolute atomic E-state index is 14.0. The van der Waals surface area contributed by atoms with E-state index in [1.54, 1.807) is 24.3 Å². The normalized spacial score (nSPS) is 12.0. The van der Waals surface area contributed by atoms with Gasteiger partial charge in [0.1, 0.15) is 12.6 Å². The van der Waals surface area contributed by atoms with Crippen LogP contribution in [-0.2, 0) is 32.6 Å². The van der Waals surface area contributed by atoms with Crippen LogP contribution in [0.2, 0.25) is 15.1 Å². The number of carbonyl (C=O) groups is 2. The summed E-state index contributed by atoms with van der Waals surface area (Å²) in [7, 11) is -3.94. The third-order valence-corrected chi connectivity index (χ3v) is 7.86. The van der Waals surface area contributed by atoms with E-state index in [0.29, 0.717) is 23.0 Å². The van der Waals surface area contributed by atoms with Crippen LogP contribution in [0.1, 0.15) is 24.5 Å². The molecular formula is C28H30Cl3N3O4S. The summed E-state index contributed by atoms with van der Waals surface area (Å²) in [6, 6.07) is 19.7. The molecule has 1 atom stereocenters. The van der Waals surface area contributed by atoms with Gasteiger partial charge in [-0.15, -0.1) is 0 Å². The van der Waals surface area contributed by atoms with Crippen molar-refractivity contribution in [1.82, 2.24) is 10.2 Å². The Balaban J connectivity index is 2.05. The summed E-state index contributed by atoms with van der Waals surface area (Å²) in [4.78, 5) is 28.8. The van der Waals surface area contributed by atoms with E-state index in [9.17, 15) is 18.0 Å². The van der Waals surface area contributed by atoms with Gasteiger partial charge in [0.15, 0.2) is 0 Å². The summed E-state index contributed by atoms with van der Waals surface area (Å²) < 4.78 is 26.6. The lowest BCUT2D eigenvalue weighted by Gasteiger charge is -2.33. The van der Waals surface area contributed by atoms with Crippen molar-refractivity contribution in [2.75, 3.05) is 23.7 Å². The maximum atomic E-state index is 14.0. The molecule has 2 amide bonds. The molecule has 208 valence electrons. The minimum atomic E-state index is -3.94. The van der Waals surface area contributed by atoms with Crippen LogP contribution in [0.5, 0.6) is 0 Å². The molecule has 0 spiro atoms. The van der Waals surface area contributed by atoms with Crippen LogP contribution < -0.4 is 9.62 Å². The zero-order valence-corrected chi connectivity index (χ0v) is 24.7. The van der Waals surface area contributed by atoms with Crippen LogP contribution in [0, 0.1) is 0 Å². The predicted octanol–water partition coefficient (Wildman–Crippen LogP) is 5.58. The van der Waals surface area contributed by atoms with Gasteiger partial charge in [-0.25, -0.2) is 8.42 Å².